The van der Waals surface area contributed by atoms with Crippen LogP contribution in [0.2, 0.25) is 5.02 Å². The van der Waals surface area contributed by atoms with Crippen LogP contribution in [-0.2, 0) is 4.74 Å². The molecule has 1 aliphatic carbocycles. The van der Waals surface area contributed by atoms with Crippen LogP contribution in [-0.4, -0.2) is 30.2 Å². The molecule has 2 nitrogen and oxygen atoms in total. The van der Waals surface area contributed by atoms with Crippen LogP contribution in [0.3, 0.4) is 0 Å². The molecule has 1 aromatic carbocycles. The monoisotopic (exact) mass is 331 g/mol. The van der Waals surface area contributed by atoms with Crippen molar-refractivity contribution in [1.29, 1.82) is 0 Å². The summed E-state index contributed by atoms with van der Waals surface area (Å²) in [6.07, 6.45) is 8.51. The molecule has 0 radical (unpaired) electrons. The topological polar surface area (TPSA) is 12.5 Å². The standard InChI is InChI=1S/C20H26ClNO/c1-2-11-22-14-16-7-4-10-20(16)18(9-5-12-23-20)19(22)15-6-3-8-17(21)13-15/h3,6,8-9,13,16,19H,2,4-5,7,10-12,14H2,1H3/t16-,19-,20+/m1/s1. The van der Waals surface area contributed by atoms with Crippen molar-refractivity contribution in [3.05, 3.63) is 46.5 Å². The molecule has 124 valence electrons. The van der Waals surface area contributed by atoms with Gasteiger partial charge in [-0.25, -0.2) is 0 Å². The van der Waals surface area contributed by atoms with Gasteiger partial charge in [0.15, 0.2) is 0 Å². The molecule has 0 bridgehead atoms. The minimum Gasteiger partial charge on any atom is -0.370 e. The van der Waals surface area contributed by atoms with Gasteiger partial charge in [0.2, 0.25) is 0 Å². The first-order valence-corrected chi connectivity index (χ1v) is 9.46. The highest BCUT2D eigenvalue weighted by atomic mass is 35.5. The van der Waals surface area contributed by atoms with Crippen LogP contribution < -0.4 is 0 Å². The highest BCUT2D eigenvalue weighted by molar-refractivity contribution is 6.30. The number of benzene rings is 1. The lowest BCUT2D eigenvalue weighted by molar-refractivity contribution is -0.0902. The highest BCUT2D eigenvalue weighted by Crippen LogP contribution is 2.55. The summed E-state index contributed by atoms with van der Waals surface area (Å²) in [4.78, 5) is 2.67. The fourth-order valence-electron chi connectivity index (χ4n) is 5.07. The number of halogens is 1. The van der Waals surface area contributed by atoms with Gasteiger partial charge in [0, 0.05) is 17.5 Å². The number of ether oxygens (including phenoxy) is 1. The second-order valence-electron chi connectivity index (χ2n) is 7.23. The summed E-state index contributed by atoms with van der Waals surface area (Å²) >= 11 is 6.30. The number of hydrogen-bond acceptors (Lipinski definition) is 2. The van der Waals surface area contributed by atoms with Crippen molar-refractivity contribution in [2.45, 2.75) is 50.7 Å². The first-order chi connectivity index (χ1) is 11.2. The third-order valence-electron chi connectivity index (χ3n) is 5.88. The van der Waals surface area contributed by atoms with E-state index in [2.05, 4.69) is 36.1 Å². The molecule has 1 spiro atoms. The summed E-state index contributed by atoms with van der Waals surface area (Å²) in [6.45, 7) is 5.46. The van der Waals surface area contributed by atoms with Crippen LogP contribution >= 0.6 is 11.6 Å². The predicted octanol–water partition coefficient (Wildman–Crippen LogP) is 4.99. The zero-order valence-electron chi connectivity index (χ0n) is 13.9. The molecular weight excluding hydrogens is 306 g/mol. The largest absolute Gasteiger partial charge is 0.370 e. The molecule has 1 saturated heterocycles. The second-order valence-corrected chi connectivity index (χ2v) is 7.66. The van der Waals surface area contributed by atoms with Crippen LogP contribution in [0.1, 0.15) is 50.6 Å². The van der Waals surface area contributed by atoms with E-state index in [0.29, 0.717) is 12.0 Å². The average Bonchev–Trinajstić information content (AvgIpc) is 2.95. The van der Waals surface area contributed by atoms with E-state index in [0.717, 1.165) is 31.1 Å². The maximum Gasteiger partial charge on any atom is 0.0950 e. The summed E-state index contributed by atoms with van der Waals surface area (Å²) in [6, 6.07) is 8.77. The quantitative estimate of drug-likeness (QED) is 0.723. The highest BCUT2D eigenvalue weighted by Gasteiger charge is 2.54. The average molecular weight is 332 g/mol. The molecule has 2 fully saturated rings. The zero-order chi connectivity index (χ0) is 15.9. The van der Waals surface area contributed by atoms with Crippen LogP contribution in [0, 0.1) is 5.92 Å². The van der Waals surface area contributed by atoms with E-state index in [1.165, 1.54) is 36.8 Å². The first kappa shape index (κ1) is 15.7. The van der Waals surface area contributed by atoms with Crippen LogP contribution in [0.4, 0.5) is 0 Å². The van der Waals surface area contributed by atoms with E-state index in [4.69, 9.17) is 16.3 Å². The van der Waals surface area contributed by atoms with E-state index >= 15 is 0 Å². The number of nitrogens with zero attached hydrogens (tertiary/aromatic N) is 1. The molecule has 23 heavy (non-hydrogen) atoms. The van der Waals surface area contributed by atoms with Crippen molar-refractivity contribution in [2.75, 3.05) is 19.7 Å². The fourth-order valence-corrected chi connectivity index (χ4v) is 5.27. The Morgan fingerprint density at radius 1 is 1.39 bits per heavy atom. The summed E-state index contributed by atoms with van der Waals surface area (Å²) in [5.41, 5.74) is 2.86. The summed E-state index contributed by atoms with van der Waals surface area (Å²) in [5, 5.41) is 0.832. The van der Waals surface area contributed by atoms with Crippen LogP contribution in [0.25, 0.3) is 0 Å². The normalized spacial score (nSPS) is 33.9. The van der Waals surface area contributed by atoms with Gasteiger partial charge in [-0.15, -0.1) is 0 Å². The lowest BCUT2D eigenvalue weighted by Gasteiger charge is -2.52. The summed E-state index contributed by atoms with van der Waals surface area (Å²) < 4.78 is 6.47. The van der Waals surface area contributed by atoms with Gasteiger partial charge in [-0.1, -0.05) is 36.7 Å². The number of rotatable bonds is 3. The van der Waals surface area contributed by atoms with Gasteiger partial charge in [0.1, 0.15) is 0 Å². The molecular formula is C20H26ClNO. The van der Waals surface area contributed by atoms with E-state index in [-0.39, 0.29) is 5.60 Å². The predicted molar refractivity (Wildman–Crippen MR) is 94.8 cm³/mol. The molecule has 3 heteroatoms. The Morgan fingerprint density at radius 2 is 2.30 bits per heavy atom. The molecule has 2 aliphatic heterocycles. The molecule has 3 aliphatic rings. The van der Waals surface area contributed by atoms with Gasteiger partial charge in [-0.2, -0.15) is 0 Å². The van der Waals surface area contributed by atoms with Crippen molar-refractivity contribution in [3.63, 3.8) is 0 Å². The van der Waals surface area contributed by atoms with Crippen LogP contribution in [0.15, 0.2) is 35.9 Å². The Bertz CT molecular complexity index is 613. The van der Waals surface area contributed by atoms with Gasteiger partial charge in [-0.05, 0) is 61.9 Å². The first-order valence-electron chi connectivity index (χ1n) is 9.08. The Labute approximate surface area is 144 Å². The molecule has 1 saturated carbocycles. The molecule has 0 unspecified atom stereocenters. The molecule has 0 aromatic heterocycles. The lowest BCUT2D eigenvalue weighted by atomic mass is 9.72. The Kier molecular flexibility index (Phi) is 4.25. The molecule has 1 aromatic rings. The molecule has 4 rings (SSSR count). The number of piperidine rings is 1. The van der Waals surface area contributed by atoms with Crippen molar-refractivity contribution in [1.82, 2.24) is 4.90 Å². The summed E-state index contributed by atoms with van der Waals surface area (Å²) in [5.74, 6) is 0.663. The number of likely N-dealkylation sites (tertiary alicyclic amines) is 1. The smallest absolute Gasteiger partial charge is 0.0950 e. The van der Waals surface area contributed by atoms with Gasteiger partial charge >= 0.3 is 0 Å². The van der Waals surface area contributed by atoms with Gasteiger partial charge in [0.05, 0.1) is 18.2 Å². The molecule has 0 N–H and O–H groups in total. The van der Waals surface area contributed by atoms with Gasteiger partial charge in [0.25, 0.3) is 0 Å². The molecule has 2 heterocycles. The fraction of sp³-hybridized carbons (Fsp3) is 0.600. The third kappa shape index (κ3) is 2.56. The maximum atomic E-state index is 6.47. The van der Waals surface area contributed by atoms with Crippen LogP contribution in [0.5, 0.6) is 0 Å². The third-order valence-corrected chi connectivity index (χ3v) is 6.12. The van der Waals surface area contributed by atoms with Crippen molar-refractivity contribution >= 4 is 11.6 Å². The SMILES string of the molecule is CCCN1C[C@H]2CCC[C@]23OCCC=C3[C@H]1c1cccc(Cl)c1. The van der Waals surface area contributed by atoms with E-state index in [9.17, 15) is 0 Å². The van der Waals surface area contributed by atoms with Crippen molar-refractivity contribution in [3.8, 4) is 0 Å². The number of hydrogen-bond donors (Lipinski definition) is 0. The minimum absolute atomic E-state index is 0.00940. The summed E-state index contributed by atoms with van der Waals surface area (Å²) in [7, 11) is 0. The molecule has 0 amide bonds. The van der Waals surface area contributed by atoms with E-state index in [1.807, 2.05) is 6.07 Å². The Balaban J connectivity index is 1.80. The maximum absolute atomic E-state index is 6.47. The Morgan fingerprint density at radius 3 is 3.13 bits per heavy atom. The van der Waals surface area contributed by atoms with Crippen molar-refractivity contribution < 1.29 is 4.74 Å². The molecule has 3 atom stereocenters. The second kappa shape index (κ2) is 6.23. The lowest BCUT2D eigenvalue weighted by Crippen LogP contribution is -2.55. The zero-order valence-corrected chi connectivity index (χ0v) is 14.7. The van der Waals surface area contributed by atoms with Crippen molar-refractivity contribution in [2.24, 2.45) is 5.92 Å². The Hall–Kier alpha value is -0.830. The van der Waals surface area contributed by atoms with E-state index in [1.54, 1.807) is 0 Å². The van der Waals surface area contributed by atoms with E-state index < -0.39 is 0 Å². The van der Waals surface area contributed by atoms with Gasteiger partial charge in [-0.3, -0.25) is 4.90 Å². The minimum atomic E-state index is 0.00940. The van der Waals surface area contributed by atoms with Gasteiger partial charge < -0.3 is 4.74 Å².